The molecule has 0 aromatic rings. The third-order valence-corrected chi connectivity index (χ3v) is 8.22. The van der Waals surface area contributed by atoms with Crippen molar-refractivity contribution in [2.75, 3.05) is 0 Å². The van der Waals surface area contributed by atoms with Crippen LogP contribution in [0.25, 0.3) is 0 Å². The van der Waals surface area contributed by atoms with Gasteiger partial charge in [0.25, 0.3) is 0 Å². The summed E-state index contributed by atoms with van der Waals surface area (Å²) in [5.41, 5.74) is 0. The molecule has 0 heterocycles. The van der Waals surface area contributed by atoms with E-state index in [4.69, 9.17) is 0 Å². The van der Waals surface area contributed by atoms with Gasteiger partial charge in [-0.05, 0) is 25.7 Å². The Kier molecular flexibility index (Phi) is 2.37. The van der Waals surface area contributed by atoms with E-state index in [1.165, 1.54) is 38.5 Å². The van der Waals surface area contributed by atoms with Crippen molar-refractivity contribution in [3.05, 3.63) is 0 Å². The van der Waals surface area contributed by atoms with E-state index in [0.717, 1.165) is 0 Å². The van der Waals surface area contributed by atoms with E-state index in [2.05, 4.69) is 19.6 Å². The lowest BCUT2D eigenvalue weighted by Crippen LogP contribution is -2.43. The predicted molar refractivity (Wildman–Crippen MR) is 62.2 cm³/mol. The van der Waals surface area contributed by atoms with Gasteiger partial charge in [0.2, 0.25) is 0 Å². The minimum absolute atomic E-state index is 0.175. The number of hydrogen-bond acceptors (Lipinski definition) is 1. The molecule has 2 fully saturated rings. The van der Waals surface area contributed by atoms with Gasteiger partial charge in [-0.1, -0.05) is 32.5 Å². The molecular formula is C12H22OSi. The third kappa shape index (κ3) is 1.30. The second-order valence-electron chi connectivity index (χ2n) is 6.18. The van der Waals surface area contributed by atoms with Crippen LogP contribution >= 0.6 is 0 Å². The van der Waals surface area contributed by atoms with Gasteiger partial charge < -0.3 is 0 Å². The monoisotopic (exact) mass is 210 g/mol. The van der Waals surface area contributed by atoms with Gasteiger partial charge in [0.05, 0.1) is 8.07 Å². The zero-order chi connectivity index (χ0) is 10.4. The average Bonchev–Trinajstić information content (AvgIpc) is 2.21. The van der Waals surface area contributed by atoms with Crippen LogP contribution in [-0.2, 0) is 4.79 Å². The van der Waals surface area contributed by atoms with Gasteiger partial charge >= 0.3 is 0 Å². The molecule has 0 saturated heterocycles. The highest BCUT2D eigenvalue weighted by Crippen LogP contribution is 2.57. The number of carbonyl (C=O) groups is 1. The van der Waals surface area contributed by atoms with Gasteiger partial charge in [0.15, 0.2) is 0 Å². The van der Waals surface area contributed by atoms with Gasteiger partial charge in [-0.25, -0.2) is 0 Å². The van der Waals surface area contributed by atoms with E-state index in [9.17, 15) is 4.79 Å². The molecule has 2 saturated carbocycles. The molecule has 0 aromatic carbocycles. The summed E-state index contributed by atoms with van der Waals surface area (Å²) in [7, 11) is -1.31. The summed E-state index contributed by atoms with van der Waals surface area (Å²) in [4.78, 5) is 12.4. The van der Waals surface area contributed by atoms with E-state index >= 15 is 0 Å². The molecule has 0 radical (unpaired) electrons. The molecule has 2 atom stereocenters. The molecule has 1 nitrogen and oxygen atoms in total. The zero-order valence-electron chi connectivity index (χ0n) is 9.73. The van der Waals surface area contributed by atoms with Crippen molar-refractivity contribution < 1.29 is 4.79 Å². The van der Waals surface area contributed by atoms with Crippen molar-refractivity contribution in [3.63, 3.8) is 0 Å². The van der Waals surface area contributed by atoms with E-state index < -0.39 is 8.07 Å². The van der Waals surface area contributed by atoms with Crippen molar-refractivity contribution in [2.24, 2.45) is 5.92 Å². The Balaban J connectivity index is 2.36. The first-order valence-electron chi connectivity index (χ1n) is 6.02. The van der Waals surface area contributed by atoms with Crippen molar-refractivity contribution in [3.8, 4) is 0 Å². The normalized spacial score (nSPS) is 38.5. The predicted octanol–water partition coefficient (Wildman–Crippen LogP) is 3.62. The molecule has 2 aliphatic rings. The summed E-state index contributed by atoms with van der Waals surface area (Å²) < 4.78 is 0. The van der Waals surface area contributed by atoms with Crippen LogP contribution in [0.3, 0.4) is 0 Å². The van der Waals surface area contributed by atoms with Crippen LogP contribution in [-0.4, -0.2) is 13.9 Å². The fraction of sp³-hybridized carbons (Fsp3) is 0.917. The van der Waals surface area contributed by atoms with Crippen LogP contribution in [0.2, 0.25) is 24.7 Å². The van der Waals surface area contributed by atoms with Crippen LogP contribution in [0.1, 0.15) is 38.5 Å². The summed E-state index contributed by atoms with van der Waals surface area (Å²) in [6.45, 7) is 7.16. The maximum absolute atomic E-state index is 12.4. The molecular weight excluding hydrogens is 188 g/mol. The first-order valence-corrected chi connectivity index (χ1v) is 9.52. The number of carbonyl (C=O) groups excluding carboxylic acids is 1. The van der Waals surface area contributed by atoms with Crippen LogP contribution in [0.5, 0.6) is 0 Å². The molecule has 0 aliphatic heterocycles. The highest BCUT2D eigenvalue weighted by atomic mass is 28.3. The Morgan fingerprint density at radius 3 is 2.50 bits per heavy atom. The van der Waals surface area contributed by atoms with E-state index in [1.807, 2.05) is 0 Å². The van der Waals surface area contributed by atoms with E-state index in [-0.39, 0.29) is 5.04 Å². The van der Waals surface area contributed by atoms with Gasteiger partial charge in [-0.2, -0.15) is 0 Å². The standard InChI is InChI=1S/C12H22OSi/c1-14(2,3)12-8-5-4-6-10(7-9-12)11(12)13/h10H,4-9H2,1-3H3/t10-,12-/m1/s1. The number of rotatable bonds is 1. The van der Waals surface area contributed by atoms with Gasteiger partial charge in [0, 0.05) is 11.0 Å². The third-order valence-electron chi connectivity index (χ3n) is 4.60. The van der Waals surface area contributed by atoms with Gasteiger partial charge in [-0.3, -0.25) is 4.79 Å². The van der Waals surface area contributed by atoms with Crippen LogP contribution in [0.15, 0.2) is 0 Å². The quantitative estimate of drug-likeness (QED) is 0.604. The van der Waals surface area contributed by atoms with Crippen molar-refractivity contribution in [1.29, 1.82) is 0 Å². The minimum atomic E-state index is -1.31. The van der Waals surface area contributed by atoms with E-state index in [0.29, 0.717) is 11.7 Å². The van der Waals surface area contributed by atoms with Crippen LogP contribution in [0.4, 0.5) is 0 Å². The fourth-order valence-corrected chi connectivity index (χ4v) is 6.29. The summed E-state index contributed by atoms with van der Waals surface area (Å²) >= 11 is 0. The molecule has 2 heteroatoms. The molecule has 14 heavy (non-hydrogen) atoms. The summed E-state index contributed by atoms with van der Waals surface area (Å²) in [6, 6.07) is 0. The summed E-state index contributed by atoms with van der Waals surface area (Å²) in [5.74, 6) is 1.11. The highest BCUT2D eigenvalue weighted by molar-refractivity contribution is 6.82. The Labute approximate surface area is 88.3 Å². The average molecular weight is 210 g/mol. The first kappa shape index (κ1) is 10.4. The number of fused-ring (bicyclic) bond motifs is 2. The Morgan fingerprint density at radius 1 is 1.14 bits per heavy atom. The summed E-state index contributed by atoms with van der Waals surface area (Å²) in [6.07, 6.45) is 7.40. The molecule has 2 aliphatic carbocycles. The smallest absolute Gasteiger partial charge is 0.139 e. The Bertz CT molecular complexity index is 254. The number of ketones is 1. The highest BCUT2D eigenvalue weighted by Gasteiger charge is 2.55. The molecule has 2 bridgehead atoms. The molecule has 0 aromatic heterocycles. The van der Waals surface area contributed by atoms with Crippen molar-refractivity contribution in [2.45, 2.75) is 63.2 Å². The molecule has 0 amide bonds. The van der Waals surface area contributed by atoms with Crippen molar-refractivity contribution in [1.82, 2.24) is 0 Å². The largest absolute Gasteiger partial charge is 0.299 e. The zero-order valence-corrected chi connectivity index (χ0v) is 10.7. The van der Waals surface area contributed by atoms with Crippen molar-refractivity contribution >= 4 is 13.9 Å². The van der Waals surface area contributed by atoms with Crippen LogP contribution < -0.4 is 0 Å². The second kappa shape index (κ2) is 3.19. The maximum atomic E-state index is 12.4. The SMILES string of the molecule is C[Si](C)(C)[C@]12CCCC[C@H](CC1)C2=O. The summed E-state index contributed by atoms with van der Waals surface area (Å²) in [5, 5.41) is 0.175. The Hall–Kier alpha value is -0.113. The molecule has 0 spiro atoms. The molecule has 2 rings (SSSR count). The fourth-order valence-electron chi connectivity index (χ4n) is 3.53. The lowest BCUT2D eigenvalue weighted by molar-refractivity contribution is -0.123. The van der Waals surface area contributed by atoms with E-state index in [1.54, 1.807) is 0 Å². The maximum Gasteiger partial charge on any atom is 0.139 e. The first-order chi connectivity index (χ1) is 6.47. The lowest BCUT2D eigenvalue weighted by atomic mass is 10.00. The second-order valence-corrected chi connectivity index (χ2v) is 11.6. The minimum Gasteiger partial charge on any atom is -0.299 e. The Morgan fingerprint density at radius 2 is 1.86 bits per heavy atom. The molecule has 0 unspecified atom stereocenters. The number of Topliss-reactive ketones (excluding diaryl/α,β-unsaturated/α-hetero) is 1. The topological polar surface area (TPSA) is 17.1 Å². The van der Waals surface area contributed by atoms with Gasteiger partial charge in [-0.15, -0.1) is 0 Å². The van der Waals surface area contributed by atoms with Crippen LogP contribution in [0, 0.1) is 5.92 Å². The van der Waals surface area contributed by atoms with Gasteiger partial charge in [0.1, 0.15) is 5.78 Å². The molecule has 0 N–H and O–H groups in total. The molecule has 80 valence electrons. The number of hydrogen-bond donors (Lipinski definition) is 0. The lowest BCUT2D eigenvalue weighted by Gasteiger charge is -2.39.